The molecule has 0 fully saturated rings. The van der Waals surface area contributed by atoms with E-state index in [1.165, 1.54) is 0 Å². The van der Waals surface area contributed by atoms with Crippen LogP contribution in [0.4, 0.5) is 19.0 Å². The van der Waals surface area contributed by atoms with E-state index in [0.29, 0.717) is 6.07 Å². The maximum atomic E-state index is 12.0. The Morgan fingerprint density at radius 3 is 2.50 bits per heavy atom. The van der Waals surface area contributed by atoms with Gasteiger partial charge in [0.05, 0.1) is 0 Å². The third-order valence-corrected chi connectivity index (χ3v) is 1.75. The van der Waals surface area contributed by atoms with Crippen LogP contribution in [0, 0.1) is 10.1 Å². The SMILES string of the molecule is O=C(Cl)c1cc(O)c([N+](=O)[O-])nc1OC(F)(F)F. The van der Waals surface area contributed by atoms with E-state index < -0.39 is 39.5 Å². The molecule has 98 valence electrons. The van der Waals surface area contributed by atoms with Crippen LogP contribution in [-0.4, -0.2) is 26.6 Å². The monoisotopic (exact) mass is 286 g/mol. The Bertz CT molecular complexity index is 519. The quantitative estimate of drug-likeness (QED) is 0.517. The van der Waals surface area contributed by atoms with Crippen molar-refractivity contribution in [1.29, 1.82) is 0 Å². The number of hydrogen-bond acceptors (Lipinski definition) is 6. The number of halogens is 4. The van der Waals surface area contributed by atoms with E-state index in [1.807, 2.05) is 0 Å². The molecule has 7 nitrogen and oxygen atoms in total. The molecule has 0 amide bonds. The summed E-state index contributed by atoms with van der Waals surface area (Å²) in [6.45, 7) is 0. The van der Waals surface area contributed by atoms with Crippen LogP contribution < -0.4 is 4.74 Å². The normalized spacial score (nSPS) is 11.1. The van der Waals surface area contributed by atoms with Gasteiger partial charge >= 0.3 is 18.1 Å². The lowest BCUT2D eigenvalue weighted by atomic mass is 10.2. The van der Waals surface area contributed by atoms with E-state index >= 15 is 0 Å². The fourth-order valence-electron chi connectivity index (χ4n) is 0.939. The number of aromatic nitrogens is 1. The van der Waals surface area contributed by atoms with Crippen LogP contribution in [0.3, 0.4) is 0 Å². The number of nitro groups is 1. The Kier molecular flexibility index (Phi) is 3.60. The van der Waals surface area contributed by atoms with Gasteiger partial charge in [0.15, 0.2) is 0 Å². The lowest BCUT2D eigenvalue weighted by Gasteiger charge is -2.07. The summed E-state index contributed by atoms with van der Waals surface area (Å²) in [5, 5.41) is 18.0. The van der Waals surface area contributed by atoms with Crippen molar-refractivity contribution in [3.63, 3.8) is 0 Å². The molecule has 18 heavy (non-hydrogen) atoms. The predicted octanol–water partition coefficient (Wildman–Crippen LogP) is 1.97. The van der Waals surface area contributed by atoms with Gasteiger partial charge in [0, 0.05) is 11.1 Å². The lowest BCUT2D eigenvalue weighted by molar-refractivity contribution is -0.391. The molecule has 0 aliphatic carbocycles. The second-order valence-corrected chi connectivity index (χ2v) is 3.11. The van der Waals surface area contributed by atoms with Crippen molar-refractivity contribution in [1.82, 2.24) is 4.98 Å². The molecule has 0 bridgehead atoms. The van der Waals surface area contributed by atoms with Crippen LogP contribution in [0.5, 0.6) is 11.6 Å². The average molecular weight is 287 g/mol. The highest BCUT2D eigenvalue weighted by Crippen LogP contribution is 2.33. The van der Waals surface area contributed by atoms with E-state index in [-0.39, 0.29) is 0 Å². The zero-order chi connectivity index (χ0) is 14.1. The Hall–Kier alpha value is -2.10. The number of nitrogens with zero attached hydrogens (tertiary/aromatic N) is 2. The molecule has 0 unspecified atom stereocenters. The molecule has 1 aromatic rings. The molecule has 11 heteroatoms. The third kappa shape index (κ3) is 3.20. The lowest BCUT2D eigenvalue weighted by Crippen LogP contribution is -2.19. The summed E-state index contributed by atoms with van der Waals surface area (Å²) in [4.78, 5) is 22.7. The van der Waals surface area contributed by atoms with Gasteiger partial charge in [-0.1, -0.05) is 0 Å². The summed E-state index contributed by atoms with van der Waals surface area (Å²) >= 11 is 4.93. The first-order valence-corrected chi connectivity index (χ1v) is 4.33. The largest absolute Gasteiger partial charge is 0.575 e. The van der Waals surface area contributed by atoms with Gasteiger partial charge in [-0.15, -0.1) is 13.2 Å². The van der Waals surface area contributed by atoms with Crippen LogP contribution in [0.1, 0.15) is 10.4 Å². The molecular weight excluding hydrogens is 285 g/mol. The first kappa shape index (κ1) is 14.0. The number of pyridine rings is 1. The Morgan fingerprint density at radius 2 is 2.11 bits per heavy atom. The van der Waals surface area contributed by atoms with E-state index in [4.69, 9.17) is 16.7 Å². The Balaban J connectivity index is 3.40. The van der Waals surface area contributed by atoms with Crippen molar-refractivity contribution < 1.29 is 32.7 Å². The number of carbonyl (C=O) groups is 1. The maximum absolute atomic E-state index is 12.0. The first-order chi connectivity index (χ1) is 8.11. The van der Waals surface area contributed by atoms with Crippen LogP contribution in [0.2, 0.25) is 0 Å². The Labute approximate surface area is 101 Å². The topological polar surface area (TPSA) is 103 Å². The van der Waals surface area contributed by atoms with Gasteiger partial charge in [-0.25, -0.2) is 0 Å². The summed E-state index contributed by atoms with van der Waals surface area (Å²) in [6.07, 6.45) is -5.22. The molecule has 1 aromatic heterocycles. The third-order valence-electron chi connectivity index (χ3n) is 1.55. The van der Waals surface area contributed by atoms with Crippen LogP contribution >= 0.6 is 11.6 Å². The number of alkyl halides is 3. The number of hydrogen-bond donors (Lipinski definition) is 1. The van der Waals surface area contributed by atoms with Crippen molar-refractivity contribution in [2.24, 2.45) is 0 Å². The van der Waals surface area contributed by atoms with Crippen molar-refractivity contribution in [3.8, 4) is 11.6 Å². The Morgan fingerprint density at radius 1 is 1.56 bits per heavy atom. The molecule has 0 atom stereocenters. The summed E-state index contributed by atoms with van der Waals surface area (Å²) in [7, 11) is 0. The molecule has 0 aromatic carbocycles. The summed E-state index contributed by atoms with van der Waals surface area (Å²) in [5.41, 5.74) is -0.947. The summed E-state index contributed by atoms with van der Waals surface area (Å²) in [6, 6.07) is 0.363. The standard InChI is InChI=1S/C7H2ClF3N2O5/c8-4(15)2-1-3(14)5(13(16)17)12-6(2)18-7(9,10)11/h1,14H. The van der Waals surface area contributed by atoms with Crippen molar-refractivity contribution in [2.45, 2.75) is 6.36 Å². The minimum atomic E-state index is -5.22. The fraction of sp³-hybridized carbons (Fsp3) is 0.143. The van der Waals surface area contributed by atoms with Crippen LogP contribution in [-0.2, 0) is 0 Å². The van der Waals surface area contributed by atoms with Gasteiger partial charge in [-0.05, 0) is 16.5 Å². The van der Waals surface area contributed by atoms with Gasteiger partial charge in [0.2, 0.25) is 5.75 Å². The van der Waals surface area contributed by atoms with E-state index in [2.05, 4.69) is 9.72 Å². The molecular formula is C7H2ClF3N2O5. The molecule has 0 saturated carbocycles. The summed E-state index contributed by atoms with van der Waals surface area (Å²) < 4.78 is 39.2. The molecule has 1 N–H and O–H groups in total. The van der Waals surface area contributed by atoms with Crippen LogP contribution in [0.25, 0.3) is 0 Å². The predicted molar refractivity (Wildman–Crippen MR) is 49.4 cm³/mol. The molecule has 1 rings (SSSR count). The zero-order valence-corrected chi connectivity index (χ0v) is 8.82. The molecule has 0 aliphatic heterocycles. The molecule has 0 radical (unpaired) electrons. The van der Waals surface area contributed by atoms with Gasteiger partial charge in [-0.3, -0.25) is 4.79 Å². The average Bonchev–Trinajstić information content (AvgIpc) is 2.17. The molecule has 0 spiro atoms. The minimum absolute atomic E-state index is 0.363. The number of aromatic hydroxyl groups is 1. The van der Waals surface area contributed by atoms with E-state index in [0.717, 1.165) is 0 Å². The van der Waals surface area contributed by atoms with Gasteiger partial charge < -0.3 is 20.0 Å². The van der Waals surface area contributed by atoms with Crippen molar-refractivity contribution >= 4 is 22.7 Å². The maximum Gasteiger partial charge on any atom is 0.575 e. The zero-order valence-electron chi connectivity index (χ0n) is 8.06. The number of rotatable bonds is 3. The highest BCUT2D eigenvalue weighted by Gasteiger charge is 2.37. The van der Waals surface area contributed by atoms with Crippen molar-refractivity contribution in [3.05, 3.63) is 21.7 Å². The number of ether oxygens (including phenoxy) is 1. The highest BCUT2D eigenvalue weighted by atomic mass is 35.5. The van der Waals surface area contributed by atoms with Gasteiger partial charge in [-0.2, -0.15) is 0 Å². The second kappa shape index (κ2) is 4.64. The molecule has 0 saturated heterocycles. The smallest absolute Gasteiger partial charge is 0.501 e. The fourth-order valence-corrected chi connectivity index (χ4v) is 1.07. The van der Waals surface area contributed by atoms with E-state index in [1.54, 1.807) is 0 Å². The summed E-state index contributed by atoms with van der Waals surface area (Å²) in [5.74, 6) is -3.82. The minimum Gasteiger partial charge on any atom is -0.501 e. The van der Waals surface area contributed by atoms with Crippen LogP contribution in [0.15, 0.2) is 6.07 Å². The second-order valence-electron chi connectivity index (χ2n) is 2.76. The van der Waals surface area contributed by atoms with Crippen molar-refractivity contribution in [2.75, 3.05) is 0 Å². The van der Waals surface area contributed by atoms with Gasteiger partial charge in [0.25, 0.3) is 5.24 Å². The molecule has 0 aliphatic rings. The number of carbonyl (C=O) groups excluding carboxylic acids is 1. The van der Waals surface area contributed by atoms with Gasteiger partial charge in [0.1, 0.15) is 5.56 Å². The van der Waals surface area contributed by atoms with E-state index in [9.17, 15) is 28.1 Å². The first-order valence-electron chi connectivity index (χ1n) is 3.96. The highest BCUT2D eigenvalue weighted by molar-refractivity contribution is 6.68. The molecule has 1 heterocycles.